The van der Waals surface area contributed by atoms with Crippen molar-refractivity contribution in [3.8, 4) is 0 Å². The molecule has 14 heavy (non-hydrogen) atoms. The van der Waals surface area contributed by atoms with E-state index in [0.29, 0.717) is 0 Å². The van der Waals surface area contributed by atoms with E-state index in [1.165, 1.54) is 38.5 Å². The van der Waals surface area contributed by atoms with E-state index in [2.05, 4.69) is 24.3 Å². The lowest BCUT2D eigenvalue weighted by Crippen LogP contribution is -2.33. The first-order valence-corrected chi connectivity index (χ1v) is 6.23. The number of rotatable bonds is 0. The Morgan fingerprint density at radius 2 is 0.786 bits per heavy atom. The van der Waals surface area contributed by atoms with Crippen molar-refractivity contribution in [3.05, 3.63) is 24.3 Å². The zero-order valence-corrected chi connectivity index (χ0v) is 8.86. The molecular weight excluding hydrogens is 168 g/mol. The largest absolute Gasteiger partial charge is 0.0882 e. The fourth-order valence-corrected chi connectivity index (χ4v) is 3.79. The second kappa shape index (κ2) is 3.56. The molecule has 0 amide bonds. The Hall–Kier alpha value is -0.520. The lowest BCUT2D eigenvalue weighted by atomic mass is 9.62. The number of hydrogen-bond donors (Lipinski definition) is 0. The van der Waals surface area contributed by atoms with E-state index in [0.717, 1.165) is 23.7 Å². The van der Waals surface area contributed by atoms with Gasteiger partial charge in [0.2, 0.25) is 0 Å². The standard InChI is InChI=1S/C14H20/c1-2-6-12-10-14-8-4-3-7-13(14)9-11(12)5-1/h1-4,11-14H,5-10H2. The second-order valence-corrected chi connectivity index (χ2v) is 5.40. The van der Waals surface area contributed by atoms with Crippen molar-refractivity contribution in [1.29, 1.82) is 0 Å². The molecule has 3 aliphatic rings. The van der Waals surface area contributed by atoms with Crippen LogP contribution in [0.25, 0.3) is 0 Å². The van der Waals surface area contributed by atoms with Gasteiger partial charge in [-0.1, -0.05) is 24.3 Å². The molecule has 0 saturated heterocycles. The first kappa shape index (κ1) is 8.76. The molecule has 4 atom stereocenters. The van der Waals surface area contributed by atoms with Crippen LogP contribution in [-0.2, 0) is 0 Å². The van der Waals surface area contributed by atoms with Crippen LogP contribution in [0.2, 0.25) is 0 Å². The molecule has 0 aromatic rings. The summed E-state index contributed by atoms with van der Waals surface area (Å²) >= 11 is 0. The van der Waals surface area contributed by atoms with Crippen molar-refractivity contribution in [2.45, 2.75) is 38.5 Å². The average Bonchev–Trinajstić information content (AvgIpc) is 2.26. The molecule has 3 aliphatic carbocycles. The third-order valence-electron chi connectivity index (χ3n) is 4.63. The predicted molar refractivity (Wildman–Crippen MR) is 59.9 cm³/mol. The monoisotopic (exact) mass is 188 g/mol. The smallest absolute Gasteiger partial charge is 0.0319 e. The van der Waals surface area contributed by atoms with Crippen molar-refractivity contribution >= 4 is 0 Å². The highest BCUT2D eigenvalue weighted by atomic mass is 14.4. The Kier molecular flexibility index (Phi) is 2.23. The molecule has 0 aromatic heterocycles. The van der Waals surface area contributed by atoms with Crippen LogP contribution < -0.4 is 0 Å². The molecule has 1 saturated carbocycles. The third kappa shape index (κ3) is 1.45. The highest BCUT2D eigenvalue weighted by Crippen LogP contribution is 2.47. The van der Waals surface area contributed by atoms with Gasteiger partial charge in [0, 0.05) is 0 Å². The summed E-state index contributed by atoms with van der Waals surface area (Å²) in [5.74, 6) is 4.14. The molecular formula is C14H20. The fourth-order valence-electron chi connectivity index (χ4n) is 3.79. The highest BCUT2D eigenvalue weighted by molar-refractivity contribution is 5.03. The number of fused-ring (bicyclic) bond motifs is 2. The summed E-state index contributed by atoms with van der Waals surface area (Å²) < 4.78 is 0. The molecule has 3 rings (SSSR count). The first-order valence-electron chi connectivity index (χ1n) is 6.23. The Labute approximate surface area is 87.1 Å². The van der Waals surface area contributed by atoms with Crippen LogP contribution in [0.5, 0.6) is 0 Å². The van der Waals surface area contributed by atoms with Crippen LogP contribution in [0.15, 0.2) is 24.3 Å². The summed E-state index contributed by atoms with van der Waals surface area (Å²) in [7, 11) is 0. The zero-order chi connectivity index (χ0) is 9.38. The van der Waals surface area contributed by atoms with Gasteiger partial charge in [0.25, 0.3) is 0 Å². The normalized spacial score (nSPS) is 45.7. The Morgan fingerprint density at radius 1 is 0.500 bits per heavy atom. The van der Waals surface area contributed by atoms with Crippen LogP contribution in [-0.4, -0.2) is 0 Å². The van der Waals surface area contributed by atoms with E-state index in [9.17, 15) is 0 Å². The molecule has 0 nitrogen and oxygen atoms in total. The first-order chi connectivity index (χ1) is 6.93. The fraction of sp³-hybridized carbons (Fsp3) is 0.714. The lowest BCUT2D eigenvalue weighted by Gasteiger charge is -2.43. The van der Waals surface area contributed by atoms with Crippen LogP contribution in [0.1, 0.15) is 38.5 Å². The molecule has 0 heterocycles. The molecule has 0 radical (unpaired) electrons. The number of allylic oxidation sites excluding steroid dienone is 4. The molecule has 0 heteroatoms. The van der Waals surface area contributed by atoms with Gasteiger partial charge in [-0.25, -0.2) is 0 Å². The van der Waals surface area contributed by atoms with E-state index in [4.69, 9.17) is 0 Å². The Balaban J connectivity index is 1.75. The minimum atomic E-state index is 1.03. The van der Waals surface area contributed by atoms with Crippen LogP contribution in [0, 0.1) is 23.7 Å². The zero-order valence-electron chi connectivity index (χ0n) is 8.86. The molecule has 76 valence electrons. The summed E-state index contributed by atoms with van der Waals surface area (Å²) in [6.45, 7) is 0. The van der Waals surface area contributed by atoms with Gasteiger partial charge in [-0.3, -0.25) is 0 Å². The summed E-state index contributed by atoms with van der Waals surface area (Å²) in [6.07, 6.45) is 18.2. The van der Waals surface area contributed by atoms with Crippen LogP contribution in [0.4, 0.5) is 0 Å². The summed E-state index contributed by atoms with van der Waals surface area (Å²) in [5.41, 5.74) is 0. The molecule has 4 unspecified atom stereocenters. The highest BCUT2D eigenvalue weighted by Gasteiger charge is 2.36. The predicted octanol–water partition coefficient (Wildman–Crippen LogP) is 3.95. The summed E-state index contributed by atoms with van der Waals surface area (Å²) in [5, 5.41) is 0. The maximum absolute atomic E-state index is 2.42. The third-order valence-corrected chi connectivity index (χ3v) is 4.63. The van der Waals surface area contributed by atoms with E-state index in [1.54, 1.807) is 0 Å². The van der Waals surface area contributed by atoms with Crippen molar-refractivity contribution in [2.75, 3.05) is 0 Å². The van der Waals surface area contributed by atoms with Gasteiger partial charge in [0.15, 0.2) is 0 Å². The molecule has 0 bridgehead atoms. The summed E-state index contributed by atoms with van der Waals surface area (Å²) in [4.78, 5) is 0. The van der Waals surface area contributed by atoms with Gasteiger partial charge in [-0.05, 0) is 62.2 Å². The van der Waals surface area contributed by atoms with Gasteiger partial charge in [0.1, 0.15) is 0 Å². The Morgan fingerprint density at radius 3 is 1.07 bits per heavy atom. The molecule has 1 fully saturated rings. The number of hydrogen-bond acceptors (Lipinski definition) is 0. The average molecular weight is 188 g/mol. The lowest BCUT2D eigenvalue weighted by molar-refractivity contribution is 0.107. The topological polar surface area (TPSA) is 0 Å². The van der Waals surface area contributed by atoms with Gasteiger partial charge in [-0.2, -0.15) is 0 Å². The Bertz CT molecular complexity index is 209. The van der Waals surface area contributed by atoms with Crippen LogP contribution in [0.3, 0.4) is 0 Å². The van der Waals surface area contributed by atoms with Crippen molar-refractivity contribution in [3.63, 3.8) is 0 Å². The van der Waals surface area contributed by atoms with Crippen molar-refractivity contribution in [2.24, 2.45) is 23.7 Å². The van der Waals surface area contributed by atoms with Crippen molar-refractivity contribution in [1.82, 2.24) is 0 Å². The molecule has 0 N–H and O–H groups in total. The van der Waals surface area contributed by atoms with Crippen LogP contribution >= 0.6 is 0 Å². The quantitative estimate of drug-likeness (QED) is 0.505. The van der Waals surface area contributed by atoms with Gasteiger partial charge in [-0.15, -0.1) is 0 Å². The van der Waals surface area contributed by atoms with E-state index in [-0.39, 0.29) is 0 Å². The molecule has 0 spiro atoms. The maximum Gasteiger partial charge on any atom is -0.0319 e. The van der Waals surface area contributed by atoms with E-state index < -0.39 is 0 Å². The van der Waals surface area contributed by atoms with E-state index in [1.807, 2.05) is 0 Å². The van der Waals surface area contributed by atoms with Crippen molar-refractivity contribution < 1.29 is 0 Å². The minimum Gasteiger partial charge on any atom is -0.0882 e. The van der Waals surface area contributed by atoms with Gasteiger partial charge in [0.05, 0.1) is 0 Å². The van der Waals surface area contributed by atoms with E-state index >= 15 is 0 Å². The summed E-state index contributed by atoms with van der Waals surface area (Å²) in [6, 6.07) is 0. The molecule has 0 aromatic carbocycles. The minimum absolute atomic E-state index is 1.03. The maximum atomic E-state index is 2.42. The molecule has 0 aliphatic heterocycles. The van der Waals surface area contributed by atoms with Gasteiger partial charge < -0.3 is 0 Å². The second-order valence-electron chi connectivity index (χ2n) is 5.40. The SMILES string of the molecule is C1=CCC2CC3CC=CCC3CC2C1. The van der Waals surface area contributed by atoms with Gasteiger partial charge >= 0.3 is 0 Å².